The molecule has 3 heteroatoms. The first-order chi connectivity index (χ1) is 4.88. The Bertz CT molecular complexity index is 35.8. The van der Waals surface area contributed by atoms with Gasteiger partial charge in [0.2, 0.25) is 0 Å². The molecule has 11 heavy (non-hydrogen) atoms. The molecule has 0 unspecified atom stereocenters. The van der Waals surface area contributed by atoms with Crippen molar-refractivity contribution in [2.45, 2.75) is 44.9 Å². The Labute approximate surface area is 92.0 Å². The fourth-order valence-electron chi connectivity index (χ4n) is 0. The molecule has 0 aromatic heterocycles. The number of hydrogen-bond acceptors (Lipinski definition) is 0. The molecular formula is C8H24As2Pt. The molecule has 0 saturated heterocycles. The standard InChI is InChI=1S/2C3H9As.2CH3.Pt/c2*1-4(2)3;;;/h2*1-3H3;2*1H3;. The van der Waals surface area contributed by atoms with E-state index in [1.807, 2.05) is 0 Å². The molecule has 0 bridgehead atoms. The Morgan fingerprint density at radius 2 is 0.636 bits per heavy atom. The Kier molecular flexibility index (Phi) is 30.0. The SMILES string of the molecule is C[As](C)C.C[As](C)C.[CH3][Pt][CH3]. The summed E-state index contributed by atoms with van der Waals surface area (Å²) in [6.07, 6.45) is 0. The first-order valence-corrected chi connectivity index (χ1v) is 19.1. The monoisotopic (exact) mass is 465 g/mol. The summed E-state index contributed by atoms with van der Waals surface area (Å²) in [4.78, 5) is 0. The first kappa shape index (κ1) is 18.6. The van der Waals surface area contributed by atoms with Crippen LogP contribution in [0.15, 0.2) is 0 Å². The van der Waals surface area contributed by atoms with E-state index in [-0.39, 0.29) is 29.3 Å². The molecule has 0 aliphatic carbocycles. The minimum atomic E-state index is -0.188. The molecule has 76 valence electrons. The van der Waals surface area contributed by atoms with Gasteiger partial charge in [-0.15, -0.1) is 0 Å². The first-order valence-electron chi connectivity index (χ1n) is 3.32. The average Bonchev–Trinajstić information content (AvgIpc) is 1.60. The van der Waals surface area contributed by atoms with Crippen molar-refractivity contribution < 1.29 is 18.6 Å². The van der Waals surface area contributed by atoms with Crippen molar-refractivity contribution in [2.24, 2.45) is 0 Å². The molecule has 0 rings (SSSR count). The summed E-state index contributed by atoms with van der Waals surface area (Å²) in [5.41, 5.74) is 13.9. The minimum absolute atomic E-state index is 0.188. The molecule has 0 saturated carbocycles. The van der Waals surface area contributed by atoms with E-state index in [9.17, 15) is 0 Å². The normalized spacial score (nSPS) is 8.55. The van der Waals surface area contributed by atoms with Gasteiger partial charge in [0.25, 0.3) is 0 Å². The van der Waals surface area contributed by atoms with E-state index >= 15 is 0 Å². The van der Waals surface area contributed by atoms with Crippen molar-refractivity contribution in [1.82, 2.24) is 0 Å². The molecule has 0 amide bonds. The van der Waals surface area contributed by atoms with E-state index in [4.69, 9.17) is 0 Å². The van der Waals surface area contributed by atoms with Crippen molar-refractivity contribution in [1.29, 1.82) is 0 Å². The van der Waals surface area contributed by atoms with Crippen molar-refractivity contribution in [3.05, 3.63) is 0 Å². The molecule has 0 aliphatic heterocycles. The predicted octanol–water partition coefficient (Wildman–Crippen LogP) is 3.91. The van der Waals surface area contributed by atoms with E-state index in [2.05, 4.69) is 44.9 Å². The van der Waals surface area contributed by atoms with Crippen molar-refractivity contribution in [2.75, 3.05) is 0 Å². The van der Waals surface area contributed by atoms with Gasteiger partial charge in [0.1, 0.15) is 0 Å². The van der Waals surface area contributed by atoms with Gasteiger partial charge in [0, 0.05) is 0 Å². The Balaban J connectivity index is -0.0000000886. The van der Waals surface area contributed by atoms with Crippen LogP contribution in [0, 0.1) is 0 Å². The van der Waals surface area contributed by atoms with Gasteiger partial charge in [0.05, 0.1) is 0 Å². The second-order valence-corrected chi connectivity index (χ2v) is 16.5. The topological polar surface area (TPSA) is 0 Å². The van der Waals surface area contributed by atoms with Gasteiger partial charge in [-0.05, 0) is 0 Å². The van der Waals surface area contributed by atoms with Crippen LogP contribution in [-0.4, -0.2) is 29.3 Å². The van der Waals surface area contributed by atoms with E-state index < -0.39 is 0 Å². The van der Waals surface area contributed by atoms with E-state index in [1.54, 1.807) is 0 Å². The summed E-state index contributed by atoms with van der Waals surface area (Å²) in [6.45, 7) is 0. The second kappa shape index (κ2) is 17.8. The van der Waals surface area contributed by atoms with Crippen molar-refractivity contribution in [3.8, 4) is 0 Å². The second-order valence-electron chi connectivity index (χ2n) is 3.00. The molecule has 0 aromatic carbocycles. The van der Waals surface area contributed by atoms with Crippen LogP contribution in [0.25, 0.3) is 0 Å². The molecular weight excluding hydrogens is 441 g/mol. The molecule has 0 radical (unpaired) electrons. The summed E-state index contributed by atoms with van der Waals surface area (Å²) in [5, 5.41) is 4.47. The predicted molar refractivity (Wildman–Crippen MR) is 58.4 cm³/mol. The van der Waals surface area contributed by atoms with Gasteiger partial charge >= 0.3 is 92.8 Å². The van der Waals surface area contributed by atoms with Crippen molar-refractivity contribution >= 4 is 29.3 Å². The van der Waals surface area contributed by atoms with E-state index in [0.717, 1.165) is 0 Å². The fourth-order valence-corrected chi connectivity index (χ4v) is 0. The van der Waals surface area contributed by atoms with E-state index in [0.29, 0.717) is 18.6 Å². The van der Waals surface area contributed by atoms with Gasteiger partial charge in [-0.3, -0.25) is 0 Å². The quantitative estimate of drug-likeness (QED) is 0.477. The van der Waals surface area contributed by atoms with Crippen LogP contribution in [0.2, 0.25) is 44.9 Å². The van der Waals surface area contributed by atoms with Crippen LogP contribution in [0.4, 0.5) is 0 Å². The molecule has 0 aromatic rings. The van der Waals surface area contributed by atoms with Crippen LogP contribution in [0.1, 0.15) is 0 Å². The summed E-state index contributed by atoms with van der Waals surface area (Å²) < 4.78 is 0. The van der Waals surface area contributed by atoms with Gasteiger partial charge in [-0.1, -0.05) is 0 Å². The van der Waals surface area contributed by atoms with Crippen molar-refractivity contribution in [3.63, 3.8) is 0 Å². The summed E-state index contributed by atoms with van der Waals surface area (Å²) >= 11 is 0.208. The third-order valence-corrected chi connectivity index (χ3v) is 0. The zero-order valence-corrected chi connectivity index (χ0v) is 15.2. The number of rotatable bonds is 0. The zero-order valence-electron chi connectivity index (χ0n) is 9.21. The average molecular weight is 465 g/mol. The van der Waals surface area contributed by atoms with E-state index in [1.165, 1.54) is 0 Å². The van der Waals surface area contributed by atoms with Crippen LogP contribution < -0.4 is 0 Å². The zero-order chi connectivity index (χ0) is 9.86. The Hall–Kier alpha value is 1.81. The van der Waals surface area contributed by atoms with Gasteiger partial charge in [0.15, 0.2) is 0 Å². The van der Waals surface area contributed by atoms with Crippen LogP contribution in [0.3, 0.4) is 0 Å². The molecule has 0 nitrogen and oxygen atoms in total. The molecule has 0 atom stereocenters. The van der Waals surface area contributed by atoms with Gasteiger partial charge in [-0.25, -0.2) is 0 Å². The van der Waals surface area contributed by atoms with Gasteiger partial charge < -0.3 is 0 Å². The maximum atomic E-state index is 2.31. The molecule has 0 spiro atoms. The summed E-state index contributed by atoms with van der Waals surface area (Å²) in [6, 6.07) is 0. The Morgan fingerprint density at radius 1 is 0.636 bits per heavy atom. The summed E-state index contributed by atoms with van der Waals surface area (Å²) in [5.74, 6) is 0. The fraction of sp³-hybridized carbons (Fsp3) is 1.00. The van der Waals surface area contributed by atoms with Gasteiger partial charge in [-0.2, -0.15) is 0 Å². The number of hydrogen-bond donors (Lipinski definition) is 0. The summed E-state index contributed by atoms with van der Waals surface area (Å²) in [7, 11) is 0. The molecule has 0 aliphatic rings. The molecule has 0 N–H and O–H groups in total. The Morgan fingerprint density at radius 3 is 0.636 bits per heavy atom. The van der Waals surface area contributed by atoms with Crippen LogP contribution in [-0.2, 0) is 18.6 Å². The van der Waals surface area contributed by atoms with Crippen LogP contribution >= 0.6 is 0 Å². The third kappa shape index (κ3) is 348. The van der Waals surface area contributed by atoms with Crippen LogP contribution in [0.5, 0.6) is 0 Å². The molecule has 0 heterocycles. The molecule has 0 fully saturated rings. The third-order valence-electron chi connectivity index (χ3n) is 0. The maximum absolute atomic E-state index is 2.31.